The Morgan fingerprint density at radius 3 is 2.72 bits per heavy atom. The molecule has 0 saturated carbocycles. The molecule has 0 unspecified atom stereocenters. The molecule has 2 rings (SSSR count). The summed E-state index contributed by atoms with van der Waals surface area (Å²) in [6, 6.07) is 7.41. The van der Waals surface area contributed by atoms with E-state index in [-0.39, 0.29) is 23.6 Å². The lowest BCUT2D eigenvalue weighted by molar-refractivity contribution is -0.384. The third-order valence-corrected chi connectivity index (χ3v) is 3.81. The van der Waals surface area contributed by atoms with Crippen LogP contribution in [0.3, 0.4) is 0 Å². The van der Waals surface area contributed by atoms with Crippen molar-refractivity contribution in [3.05, 3.63) is 46.2 Å². The van der Waals surface area contributed by atoms with Crippen LogP contribution in [0.4, 0.5) is 11.4 Å². The smallest absolute Gasteiger partial charge is 0.271 e. The molecule has 1 aromatic rings. The summed E-state index contributed by atoms with van der Waals surface area (Å²) in [6.07, 6.45) is 1.50. The number of nitro benzene ring substituents is 1. The molecule has 0 bridgehead atoms. The van der Waals surface area contributed by atoms with E-state index in [1.807, 2.05) is 11.0 Å². The first-order valence-corrected chi connectivity index (χ1v) is 7.78. The van der Waals surface area contributed by atoms with E-state index in [4.69, 9.17) is 5.11 Å². The van der Waals surface area contributed by atoms with Gasteiger partial charge in [-0.25, -0.2) is 0 Å². The first-order valence-electron chi connectivity index (χ1n) is 7.78. The Balaban J connectivity index is 2.00. The molecule has 2 N–H and O–H groups in total. The number of anilines is 1. The largest absolute Gasteiger partial charge is 0.395 e. The van der Waals surface area contributed by atoms with Crippen molar-refractivity contribution in [2.75, 3.05) is 44.6 Å². The second-order valence-corrected chi connectivity index (χ2v) is 5.52. The molecule has 1 aliphatic heterocycles. The van der Waals surface area contributed by atoms with Crippen LogP contribution in [0, 0.1) is 21.4 Å². The highest BCUT2D eigenvalue weighted by Gasteiger charge is 2.17. The maximum Gasteiger partial charge on any atom is 0.271 e. The average Bonchev–Trinajstić information content (AvgIpc) is 2.61. The van der Waals surface area contributed by atoms with Crippen LogP contribution in [0.25, 0.3) is 0 Å². The molecule has 132 valence electrons. The second kappa shape index (κ2) is 8.77. The number of hydrogen-bond acceptors (Lipinski definition) is 7. The number of carbonyl (C=O) groups is 1. The Morgan fingerprint density at radius 2 is 2.12 bits per heavy atom. The van der Waals surface area contributed by atoms with Gasteiger partial charge in [-0.05, 0) is 6.07 Å². The van der Waals surface area contributed by atoms with Crippen molar-refractivity contribution >= 4 is 17.3 Å². The van der Waals surface area contributed by atoms with Gasteiger partial charge in [0.25, 0.3) is 11.6 Å². The number of nitriles is 1. The summed E-state index contributed by atoms with van der Waals surface area (Å²) >= 11 is 0. The molecule has 25 heavy (non-hydrogen) atoms. The van der Waals surface area contributed by atoms with Crippen LogP contribution in [0.1, 0.15) is 0 Å². The molecule has 1 amide bonds. The van der Waals surface area contributed by atoms with Gasteiger partial charge in [0, 0.05) is 56.7 Å². The first kappa shape index (κ1) is 18.4. The normalized spacial score (nSPS) is 15.5. The van der Waals surface area contributed by atoms with E-state index in [2.05, 4.69) is 10.2 Å². The molecule has 0 spiro atoms. The van der Waals surface area contributed by atoms with Crippen LogP contribution in [0.5, 0.6) is 0 Å². The van der Waals surface area contributed by atoms with Gasteiger partial charge in [0.15, 0.2) is 0 Å². The summed E-state index contributed by atoms with van der Waals surface area (Å²) < 4.78 is 0. The summed E-state index contributed by atoms with van der Waals surface area (Å²) in [5.74, 6) is -0.610. The summed E-state index contributed by atoms with van der Waals surface area (Å²) in [6.45, 7) is 3.48. The van der Waals surface area contributed by atoms with E-state index in [0.29, 0.717) is 19.6 Å². The predicted octanol–water partition coefficient (Wildman–Crippen LogP) is 0.551. The highest BCUT2D eigenvalue weighted by atomic mass is 16.6. The highest BCUT2D eigenvalue weighted by molar-refractivity contribution is 6.06. The molecule has 1 aromatic carbocycles. The molecule has 0 atom stereocenters. The Hall–Kier alpha value is -2.96. The third-order valence-electron chi connectivity index (χ3n) is 3.81. The fourth-order valence-electron chi connectivity index (χ4n) is 2.47. The Bertz CT molecular complexity index is 705. The minimum Gasteiger partial charge on any atom is -0.395 e. The molecule has 0 radical (unpaired) electrons. The Kier molecular flexibility index (Phi) is 6.45. The first-order chi connectivity index (χ1) is 12.0. The van der Waals surface area contributed by atoms with Crippen molar-refractivity contribution in [2.24, 2.45) is 0 Å². The number of rotatable bonds is 6. The number of non-ortho nitro benzene ring substituents is 1. The molecule has 1 fully saturated rings. The third kappa shape index (κ3) is 5.27. The summed E-state index contributed by atoms with van der Waals surface area (Å²) in [5, 5.41) is 31.4. The molecule has 1 heterocycles. The minimum atomic E-state index is -0.610. The number of piperazine rings is 1. The van der Waals surface area contributed by atoms with Crippen molar-refractivity contribution < 1.29 is 14.8 Å². The van der Waals surface area contributed by atoms with E-state index >= 15 is 0 Å². The van der Waals surface area contributed by atoms with E-state index in [0.717, 1.165) is 13.1 Å². The van der Waals surface area contributed by atoms with Crippen LogP contribution in [0.2, 0.25) is 0 Å². The summed E-state index contributed by atoms with van der Waals surface area (Å²) in [5.41, 5.74) is 0.0514. The number of carbonyl (C=O) groups excluding carboxylic acids is 1. The molecular weight excluding hydrogens is 326 g/mol. The van der Waals surface area contributed by atoms with E-state index in [9.17, 15) is 20.2 Å². The van der Waals surface area contributed by atoms with Crippen LogP contribution in [0.15, 0.2) is 36.0 Å². The zero-order valence-electron chi connectivity index (χ0n) is 13.6. The molecule has 0 aromatic heterocycles. The van der Waals surface area contributed by atoms with Gasteiger partial charge in [0.2, 0.25) is 0 Å². The quantitative estimate of drug-likeness (QED) is 0.334. The lowest BCUT2D eigenvalue weighted by Crippen LogP contribution is -2.45. The molecule has 9 nitrogen and oxygen atoms in total. The highest BCUT2D eigenvalue weighted by Crippen LogP contribution is 2.17. The van der Waals surface area contributed by atoms with Crippen molar-refractivity contribution in [3.63, 3.8) is 0 Å². The van der Waals surface area contributed by atoms with Gasteiger partial charge >= 0.3 is 0 Å². The van der Waals surface area contributed by atoms with Crippen molar-refractivity contribution in [3.8, 4) is 6.07 Å². The lowest BCUT2D eigenvalue weighted by Gasteiger charge is -2.33. The zero-order chi connectivity index (χ0) is 18.2. The van der Waals surface area contributed by atoms with Gasteiger partial charge in [0.05, 0.1) is 11.5 Å². The standard InChI is InChI=1S/C16H19N5O4/c17-11-13(12-20-6-4-19(5-7-20)8-9-22)16(23)18-14-2-1-3-15(10-14)21(24)25/h1-3,10,12,22H,4-9H2,(H,18,23)/b13-12-. The van der Waals surface area contributed by atoms with Crippen molar-refractivity contribution in [2.45, 2.75) is 0 Å². The maximum absolute atomic E-state index is 12.2. The zero-order valence-corrected chi connectivity index (χ0v) is 13.6. The van der Waals surface area contributed by atoms with Gasteiger partial charge in [-0.1, -0.05) is 6.07 Å². The van der Waals surface area contributed by atoms with Gasteiger partial charge < -0.3 is 15.3 Å². The molecule has 9 heteroatoms. The van der Waals surface area contributed by atoms with Gasteiger partial charge in [-0.2, -0.15) is 5.26 Å². The summed E-state index contributed by atoms with van der Waals surface area (Å²) in [7, 11) is 0. The Morgan fingerprint density at radius 1 is 1.40 bits per heavy atom. The maximum atomic E-state index is 12.2. The van der Waals surface area contributed by atoms with Crippen LogP contribution < -0.4 is 5.32 Å². The number of aliphatic hydroxyl groups is 1. The topological polar surface area (TPSA) is 123 Å². The number of benzene rings is 1. The van der Waals surface area contributed by atoms with E-state index in [1.165, 1.54) is 30.5 Å². The average molecular weight is 345 g/mol. The second-order valence-electron chi connectivity index (χ2n) is 5.52. The number of β-amino-alcohol motifs (C(OH)–C–C–N with tert-alkyl or cyclic N) is 1. The number of nitrogens with one attached hydrogen (secondary N) is 1. The summed E-state index contributed by atoms with van der Waals surface area (Å²) in [4.78, 5) is 26.4. The SMILES string of the molecule is N#C/C(=C/N1CCN(CCO)CC1)C(=O)Nc1cccc([N+](=O)[O-])c1. The monoisotopic (exact) mass is 345 g/mol. The minimum absolute atomic E-state index is 0.0675. The van der Waals surface area contributed by atoms with E-state index in [1.54, 1.807) is 0 Å². The van der Waals surface area contributed by atoms with E-state index < -0.39 is 10.8 Å². The molecule has 1 aliphatic rings. The van der Waals surface area contributed by atoms with Crippen molar-refractivity contribution in [1.82, 2.24) is 9.80 Å². The van der Waals surface area contributed by atoms with Gasteiger partial charge in [0.1, 0.15) is 11.6 Å². The number of hydrogen-bond donors (Lipinski definition) is 2. The van der Waals surface area contributed by atoms with Gasteiger partial charge in [-0.3, -0.25) is 19.8 Å². The lowest BCUT2D eigenvalue weighted by atomic mass is 10.2. The van der Waals surface area contributed by atoms with Crippen LogP contribution >= 0.6 is 0 Å². The van der Waals surface area contributed by atoms with Crippen LogP contribution in [-0.2, 0) is 4.79 Å². The van der Waals surface area contributed by atoms with Crippen LogP contribution in [-0.4, -0.2) is 65.1 Å². The molecule has 1 saturated heterocycles. The number of nitro groups is 1. The van der Waals surface area contributed by atoms with Gasteiger partial charge in [-0.15, -0.1) is 0 Å². The number of amides is 1. The number of aliphatic hydroxyl groups excluding tert-OH is 1. The van der Waals surface area contributed by atoms with Crippen molar-refractivity contribution in [1.29, 1.82) is 5.26 Å². The molecule has 0 aliphatic carbocycles. The number of nitrogens with zero attached hydrogens (tertiary/aromatic N) is 4. The predicted molar refractivity (Wildman–Crippen MR) is 90.5 cm³/mol. The Labute approximate surface area is 144 Å². The molecular formula is C16H19N5O4. The fourth-order valence-corrected chi connectivity index (χ4v) is 2.47. The fraction of sp³-hybridized carbons (Fsp3) is 0.375.